The normalized spacial score (nSPS) is 15.9. The number of nitriles is 1. The van der Waals surface area contributed by atoms with Crippen molar-refractivity contribution in [1.29, 1.82) is 5.26 Å². The first-order valence-corrected chi connectivity index (χ1v) is 22.1. The molecule has 0 bridgehead atoms. The number of hydrogen-bond acceptors (Lipinski definition) is 15. The third-order valence-electron chi connectivity index (χ3n) is 10.4. The summed E-state index contributed by atoms with van der Waals surface area (Å²) in [4.78, 5) is 73.3. The van der Waals surface area contributed by atoms with E-state index in [1.807, 2.05) is 42.5 Å². The van der Waals surface area contributed by atoms with Crippen molar-refractivity contribution in [2.24, 2.45) is 0 Å². The lowest BCUT2D eigenvalue weighted by Gasteiger charge is -2.41. The van der Waals surface area contributed by atoms with Gasteiger partial charge in [0.05, 0.1) is 11.4 Å². The molecule has 70 heavy (non-hydrogen) atoms. The number of carboxylic acid groups (broad SMARTS) is 6. The van der Waals surface area contributed by atoms with Gasteiger partial charge < -0.3 is 46.0 Å². The minimum absolute atomic E-state index is 0.270. The van der Waals surface area contributed by atoms with Gasteiger partial charge in [0.1, 0.15) is 41.0 Å². The minimum Gasteiger partial charge on any atom is -0.478 e. The Balaban J connectivity index is 0.000000366. The van der Waals surface area contributed by atoms with Crippen LogP contribution in [0.3, 0.4) is 0 Å². The maximum atomic E-state index is 10.0. The zero-order valence-corrected chi connectivity index (χ0v) is 38.7. The highest BCUT2D eigenvalue weighted by molar-refractivity contribution is 7.99. The van der Waals surface area contributed by atoms with Gasteiger partial charge in [0, 0.05) is 84.0 Å². The van der Waals surface area contributed by atoms with Crippen LogP contribution in [0.4, 0.5) is 5.82 Å². The number of nitrogens with zero attached hydrogens (tertiary/aromatic N) is 7. The van der Waals surface area contributed by atoms with Crippen LogP contribution >= 0.6 is 11.8 Å². The Hall–Kier alpha value is -8.39. The molecule has 7 rings (SSSR count). The van der Waals surface area contributed by atoms with Crippen LogP contribution in [0.25, 0.3) is 22.3 Å². The smallest absolute Gasteiger partial charge is 0.328 e. The molecule has 1 saturated carbocycles. The number of aryl methyl sites for hydroxylation is 1. The third kappa shape index (κ3) is 17.4. The molecule has 0 unspecified atom stereocenters. The van der Waals surface area contributed by atoms with E-state index in [0.717, 1.165) is 83.9 Å². The maximum absolute atomic E-state index is 10.0. The van der Waals surface area contributed by atoms with Gasteiger partial charge in [-0.3, -0.25) is 4.90 Å². The van der Waals surface area contributed by atoms with Crippen LogP contribution in [0, 0.1) is 18.3 Å². The van der Waals surface area contributed by atoms with E-state index in [-0.39, 0.29) is 6.04 Å². The van der Waals surface area contributed by atoms with Crippen molar-refractivity contribution < 1.29 is 64.1 Å². The average molecular weight is 979 g/mol. The van der Waals surface area contributed by atoms with Crippen molar-refractivity contribution in [1.82, 2.24) is 29.5 Å². The van der Waals surface area contributed by atoms with Crippen molar-refractivity contribution in [3.05, 3.63) is 121 Å². The quantitative estimate of drug-likeness (QED) is 0.0658. The van der Waals surface area contributed by atoms with Crippen molar-refractivity contribution in [3.8, 4) is 28.8 Å². The number of fused-ring (bicyclic) bond motifs is 1. The fourth-order valence-electron chi connectivity index (χ4n) is 7.07. The second-order valence-corrected chi connectivity index (χ2v) is 16.5. The van der Waals surface area contributed by atoms with E-state index in [0.29, 0.717) is 65.4 Å². The first-order chi connectivity index (χ1) is 33.3. The number of aliphatic carboxylic acids is 6. The van der Waals surface area contributed by atoms with E-state index in [1.165, 1.54) is 11.9 Å². The minimum atomic E-state index is -1.26. The molecule has 0 atom stereocenters. The summed E-state index contributed by atoms with van der Waals surface area (Å²) in [5.41, 5.74) is 10.6. The first kappa shape index (κ1) is 54.2. The molecule has 0 amide bonds. The first-order valence-electron chi connectivity index (χ1n) is 21.2. The second-order valence-electron chi connectivity index (χ2n) is 15.4. The molecule has 3 heterocycles. The van der Waals surface area contributed by atoms with E-state index < -0.39 is 35.8 Å². The monoisotopic (exact) mass is 978 g/mol. The predicted octanol–water partition coefficient (Wildman–Crippen LogP) is 6.07. The van der Waals surface area contributed by atoms with Crippen LogP contribution in [0.5, 0.6) is 11.5 Å². The number of anilines is 1. The molecule has 22 heteroatoms. The lowest BCUT2D eigenvalue weighted by atomic mass is 9.90. The largest absolute Gasteiger partial charge is 0.478 e. The summed E-state index contributed by atoms with van der Waals surface area (Å²) >= 11 is 1.55. The molecule has 1 saturated heterocycles. The van der Waals surface area contributed by atoms with Crippen molar-refractivity contribution in [2.75, 3.05) is 39.0 Å². The molecule has 21 nitrogen and oxygen atoms in total. The molecule has 2 aliphatic rings. The lowest BCUT2D eigenvalue weighted by Crippen LogP contribution is -2.49. The van der Waals surface area contributed by atoms with E-state index in [4.69, 9.17) is 46.2 Å². The molecule has 8 N–H and O–H groups in total. The Bertz CT molecular complexity index is 2640. The van der Waals surface area contributed by atoms with Crippen LogP contribution in [0.2, 0.25) is 0 Å². The fraction of sp³-hybridized carbons (Fsp3) is 0.250. The summed E-state index contributed by atoms with van der Waals surface area (Å²) in [5, 5.41) is 62.8. The van der Waals surface area contributed by atoms with Gasteiger partial charge in [-0.25, -0.2) is 43.4 Å². The van der Waals surface area contributed by atoms with Gasteiger partial charge in [0.25, 0.3) is 0 Å². The summed E-state index contributed by atoms with van der Waals surface area (Å²) in [6, 6.07) is 25.0. The molecule has 1 aliphatic carbocycles. The number of nitrogen functional groups attached to an aromatic ring is 1. The fourth-order valence-corrected chi connectivity index (χ4v) is 7.99. The van der Waals surface area contributed by atoms with Gasteiger partial charge in [0.15, 0.2) is 5.65 Å². The molecule has 0 spiro atoms. The molecule has 2 fully saturated rings. The molecule has 2 aromatic heterocycles. The van der Waals surface area contributed by atoms with Crippen LogP contribution in [-0.2, 0) is 28.8 Å². The number of benzene rings is 3. The van der Waals surface area contributed by atoms with Gasteiger partial charge in [-0.1, -0.05) is 35.5 Å². The third-order valence-corrected chi connectivity index (χ3v) is 11.5. The number of carbonyl (C=O) groups is 6. The summed E-state index contributed by atoms with van der Waals surface area (Å²) in [5.74, 6) is -5.96. The Morgan fingerprint density at radius 3 is 1.69 bits per heavy atom. The van der Waals surface area contributed by atoms with Crippen LogP contribution in [0.1, 0.15) is 42.9 Å². The summed E-state index contributed by atoms with van der Waals surface area (Å²) < 4.78 is 8.34. The SMILES string of the molecule is Cc1ccc(Sc2cccc(Oc3ccc(-c4nn(C5CCC(N6CCN(C)CC6)CC5)c5ncnc(N)c45)cc3)c2C#N)cc1.O=C(O)/C=C\C(=O)O.O=C(O)/C=C\C(=O)O.O=C(O)/C=C\C(=O)O. The standard InChI is InChI=1S/C36H38N8OS.3C4H4O4/c1-24-6-16-29(17-7-24)46-32-5-3-4-31(30(32)22-37)45-28-14-8-25(9-15-28)34-33-35(38)39-23-40-36(33)44(41-34)27-12-10-26(11-13-27)43-20-18-42(2)19-21-43;3*5-3(6)1-2-4(7)8/h3-9,14-17,23,26-27H,10-13,18-21H2,1-2H3,(H2,38,39,40);3*1-2H,(H,5,6)(H,7,8)/b;3*2-1-. The molecular formula is C48H50N8O13S. The van der Waals surface area contributed by atoms with Crippen molar-refractivity contribution in [3.63, 3.8) is 0 Å². The highest BCUT2D eigenvalue weighted by Gasteiger charge is 2.31. The molecule has 3 aromatic carbocycles. The molecule has 1 aliphatic heterocycles. The number of aromatic nitrogens is 4. The Labute approximate surface area is 405 Å². The number of hydrogen-bond donors (Lipinski definition) is 7. The van der Waals surface area contributed by atoms with Gasteiger partial charge in [0.2, 0.25) is 0 Å². The van der Waals surface area contributed by atoms with Crippen LogP contribution in [-0.4, -0.2) is 135 Å². The van der Waals surface area contributed by atoms with Crippen LogP contribution in [0.15, 0.2) is 119 Å². The maximum Gasteiger partial charge on any atom is 0.328 e. The second kappa shape index (κ2) is 26.8. The van der Waals surface area contributed by atoms with E-state index >= 15 is 0 Å². The Kier molecular flexibility index (Phi) is 20.8. The Morgan fingerprint density at radius 2 is 1.20 bits per heavy atom. The molecule has 0 radical (unpaired) electrons. The van der Waals surface area contributed by atoms with E-state index in [1.54, 1.807) is 11.8 Å². The summed E-state index contributed by atoms with van der Waals surface area (Å²) in [7, 11) is 2.21. The number of nitrogens with two attached hydrogens (primary N) is 1. The number of rotatable bonds is 13. The summed E-state index contributed by atoms with van der Waals surface area (Å²) in [6.45, 7) is 6.66. The average Bonchev–Trinajstić information content (AvgIpc) is 3.72. The number of piperazine rings is 1. The number of likely N-dealkylation sites (N-methyl/N-ethyl adjacent to an activating group) is 1. The highest BCUT2D eigenvalue weighted by atomic mass is 32.2. The molecular weight excluding hydrogens is 929 g/mol. The van der Waals surface area contributed by atoms with Gasteiger partial charge in [-0.05, 0) is 88.2 Å². The van der Waals surface area contributed by atoms with Crippen molar-refractivity contribution in [2.45, 2.75) is 54.5 Å². The summed E-state index contributed by atoms with van der Waals surface area (Å²) in [6.07, 6.45) is 9.32. The highest BCUT2D eigenvalue weighted by Crippen LogP contribution is 2.39. The van der Waals surface area contributed by atoms with E-state index in [9.17, 15) is 34.0 Å². The predicted molar refractivity (Wildman–Crippen MR) is 255 cm³/mol. The zero-order chi connectivity index (χ0) is 51.3. The van der Waals surface area contributed by atoms with Gasteiger partial charge in [-0.2, -0.15) is 10.4 Å². The van der Waals surface area contributed by atoms with Crippen LogP contribution < -0.4 is 10.5 Å². The van der Waals surface area contributed by atoms with Crippen molar-refractivity contribution >= 4 is 64.4 Å². The Morgan fingerprint density at radius 1 is 0.700 bits per heavy atom. The lowest BCUT2D eigenvalue weighted by molar-refractivity contribution is -0.134. The molecule has 366 valence electrons. The van der Waals surface area contributed by atoms with E-state index in [2.05, 4.69) is 68.8 Å². The van der Waals surface area contributed by atoms with Gasteiger partial charge >= 0.3 is 35.8 Å². The molecule has 5 aromatic rings. The zero-order valence-electron chi connectivity index (χ0n) is 37.9. The van der Waals surface area contributed by atoms with Gasteiger partial charge in [-0.15, -0.1) is 0 Å². The number of carboxylic acids is 6. The number of ether oxygens (including phenoxy) is 1. The topological polar surface area (TPSA) is 333 Å².